The number of hydrogen-bond acceptors (Lipinski definition) is 7. The Bertz CT molecular complexity index is 791. The summed E-state index contributed by atoms with van der Waals surface area (Å²) in [5.41, 5.74) is 18.2. The highest BCUT2D eigenvalue weighted by molar-refractivity contribution is 5.91. The Morgan fingerprint density at radius 3 is 2.54 bits per heavy atom. The Balaban J connectivity index is 1.63. The van der Waals surface area contributed by atoms with Crippen molar-refractivity contribution < 1.29 is 9.47 Å². The van der Waals surface area contributed by atoms with Gasteiger partial charge in [0.2, 0.25) is 5.96 Å². The van der Waals surface area contributed by atoms with E-state index in [-0.39, 0.29) is 5.96 Å². The molecular weight excluding hydrogens is 358 g/mol. The van der Waals surface area contributed by atoms with Gasteiger partial charge in [-0.25, -0.2) is 5.01 Å². The van der Waals surface area contributed by atoms with Crippen LogP contribution >= 0.6 is 0 Å². The van der Waals surface area contributed by atoms with Crippen molar-refractivity contribution in [2.24, 2.45) is 5.73 Å². The smallest absolute Gasteiger partial charge is 0.209 e. The Morgan fingerprint density at radius 2 is 1.89 bits per heavy atom. The van der Waals surface area contributed by atoms with Gasteiger partial charge in [-0.3, -0.25) is 5.41 Å². The number of ether oxygens (including phenoxy) is 2. The van der Waals surface area contributed by atoms with E-state index in [0.29, 0.717) is 13.2 Å². The summed E-state index contributed by atoms with van der Waals surface area (Å²) in [6.07, 6.45) is 0. The molecule has 0 atom stereocenters. The predicted octanol–water partition coefficient (Wildman–Crippen LogP) is 1.58. The van der Waals surface area contributed by atoms with Crippen LogP contribution in [0.2, 0.25) is 0 Å². The summed E-state index contributed by atoms with van der Waals surface area (Å²) in [6.45, 7) is 5.12. The van der Waals surface area contributed by atoms with Gasteiger partial charge >= 0.3 is 0 Å². The number of hydrogen-bond donors (Lipinski definition) is 5. The standard InChI is InChI=1S/C19H27N7O2/c1-14-3-6-16(7-4-14)26(19(20)21)24-23-22-15-5-8-17(18(13-15)27-2)25-9-11-28-12-10-25/h3-8,13,22-24H,9-12H2,1-2H3,(H3,20,21). The Kier molecular flexibility index (Phi) is 6.53. The van der Waals surface area contributed by atoms with Crippen LogP contribution in [0.3, 0.4) is 0 Å². The summed E-state index contributed by atoms with van der Waals surface area (Å²) >= 11 is 0. The molecule has 9 heteroatoms. The van der Waals surface area contributed by atoms with Gasteiger partial charge in [0.15, 0.2) is 0 Å². The SMILES string of the molecule is COc1cc(NNNN(C(=N)N)c2ccc(C)cc2)ccc1N1CCOCC1. The molecule has 28 heavy (non-hydrogen) atoms. The molecule has 2 aromatic carbocycles. The first-order valence-corrected chi connectivity index (χ1v) is 9.06. The van der Waals surface area contributed by atoms with Crippen LogP contribution in [0, 0.1) is 12.3 Å². The fourth-order valence-corrected chi connectivity index (χ4v) is 2.93. The van der Waals surface area contributed by atoms with Crippen molar-refractivity contribution >= 4 is 23.0 Å². The zero-order chi connectivity index (χ0) is 19.9. The molecule has 1 aliphatic heterocycles. The average molecular weight is 385 g/mol. The zero-order valence-corrected chi connectivity index (χ0v) is 16.2. The molecule has 2 aromatic rings. The normalized spacial score (nSPS) is 13.9. The van der Waals surface area contributed by atoms with Crippen molar-refractivity contribution in [1.82, 2.24) is 11.1 Å². The van der Waals surface area contributed by atoms with Crippen molar-refractivity contribution in [3.05, 3.63) is 48.0 Å². The maximum Gasteiger partial charge on any atom is 0.209 e. The summed E-state index contributed by atoms with van der Waals surface area (Å²) in [5.74, 6) is 0.633. The number of rotatable bonds is 7. The van der Waals surface area contributed by atoms with Crippen molar-refractivity contribution in [2.75, 3.05) is 48.7 Å². The minimum Gasteiger partial charge on any atom is -0.495 e. The first-order valence-electron chi connectivity index (χ1n) is 9.06. The first kappa shape index (κ1) is 19.7. The molecule has 0 saturated carbocycles. The number of anilines is 3. The van der Waals surface area contributed by atoms with Gasteiger partial charge in [-0.1, -0.05) is 17.7 Å². The lowest BCUT2D eigenvalue weighted by Gasteiger charge is -2.30. The Hall–Kier alpha value is -3.01. The van der Waals surface area contributed by atoms with E-state index in [2.05, 4.69) is 21.4 Å². The van der Waals surface area contributed by atoms with E-state index in [4.69, 9.17) is 20.6 Å². The molecule has 0 bridgehead atoms. The molecule has 150 valence electrons. The van der Waals surface area contributed by atoms with Gasteiger partial charge in [-0.15, -0.1) is 5.53 Å². The second-order valence-electron chi connectivity index (χ2n) is 6.40. The molecule has 9 nitrogen and oxygen atoms in total. The summed E-state index contributed by atoms with van der Waals surface area (Å²) in [4.78, 5) is 2.24. The van der Waals surface area contributed by atoms with Gasteiger partial charge in [0.1, 0.15) is 5.75 Å². The first-order chi connectivity index (χ1) is 13.6. The largest absolute Gasteiger partial charge is 0.495 e. The number of nitrogens with zero attached hydrogens (tertiary/aromatic N) is 2. The molecule has 0 unspecified atom stereocenters. The number of guanidine groups is 1. The molecule has 1 aliphatic rings. The summed E-state index contributed by atoms with van der Waals surface area (Å²) in [7, 11) is 1.66. The molecule has 1 fully saturated rings. The van der Waals surface area contributed by atoms with E-state index in [1.165, 1.54) is 5.01 Å². The van der Waals surface area contributed by atoms with Crippen LogP contribution < -0.4 is 36.9 Å². The lowest BCUT2D eigenvalue weighted by atomic mass is 10.2. The van der Waals surface area contributed by atoms with Gasteiger partial charge in [0, 0.05) is 19.2 Å². The summed E-state index contributed by atoms with van der Waals surface area (Å²) < 4.78 is 11.0. The summed E-state index contributed by atoms with van der Waals surface area (Å²) in [6, 6.07) is 13.5. The van der Waals surface area contributed by atoms with Crippen LogP contribution in [-0.4, -0.2) is 39.4 Å². The number of morpholine rings is 1. The third-order valence-corrected chi connectivity index (χ3v) is 4.44. The van der Waals surface area contributed by atoms with Gasteiger partial charge in [0.05, 0.1) is 37.4 Å². The lowest BCUT2D eigenvalue weighted by molar-refractivity contribution is 0.122. The molecule has 0 spiro atoms. The van der Waals surface area contributed by atoms with E-state index in [9.17, 15) is 0 Å². The molecule has 0 aromatic heterocycles. The minimum absolute atomic E-state index is 0.140. The van der Waals surface area contributed by atoms with Crippen LogP contribution in [0.25, 0.3) is 0 Å². The number of benzene rings is 2. The third kappa shape index (κ3) is 4.83. The highest BCUT2D eigenvalue weighted by atomic mass is 16.5. The molecule has 1 saturated heterocycles. The summed E-state index contributed by atoms with van der Waals surface area (Å²) in [5, 5.41) is 9.19. The monoisotopic (exact) mass is 385 g/mol. The van der Waals surface area contributed by atoms with Gasteiger partial charge in [-0.05, 0) is 31.2 Å². The maximum atomic E-state index is 7.77. The van der Waals surface area contributed by atoms with Crippen molar-refractivity contribution in [3.8, 4) is 5.75 Å². The highest BCUT2D eigenvalue weighted by Gasteiger charge is 2.16. The molecular formula is C19H27N7O2. The van der Waals surface area contributed by atoms with Crippen molar-refractivity contribution in [2.45, 2.75) is 6.92 Å². The van der Waals surface area contributed by atoms with Gasteiger partial charge in [-0.2, -0.15) is 5.53 Å². The second kappa shape index (κ2) is 9.27. The molecule has 0 aliphatic carbocycles. The van der Waals surface area contributed by atoms with Crippen LogP contribution in [0.15, 0.2) is 42.5 Å². The molecule has 3 rings (SSSR count). The number of nitrogens with one attached hydrogen (secondary N) is 4. The number of hydrazine groups is 3. The predicted molar refractivity (Wildman–Crippen MR) is 111 cm³/mol. The lowest BCUT2D eigenvalue weighted by Crippen LogP contribution is -2.54. The van der Waals surface area contributed by atoms with Crippen LogP contribution in [-0.2, 0) is 4.74 Å². The van der Waals surface area contributed by atoms with Gasteiger partial charge in [0.25, 0.3) is 0 Å². The van der Waals surface area contributed by atoms with E-state index in [0.717, 1.165) is 41.5 Å². The maximum absolute atomic E-state index is 7.77. The van der Waals surface area contributed by atoms with E-state index < -0.39 is 0 Å². The average Bonchev–Trinajstić information content (AvgIpc) is 2.72. The molecule has 0 radical (unpaired) electrons. The van der Waals surface area contributed by atoms with E-state index in [1.807, 2.05) is 49.4 Å². The Morgan fingerprint density at radius 1 is 1.18 bits per heavy atom. The van der Waals surface area contributed by atoms with E-state index >= 15 is 0 Å². The van der Waals surface area contributed by atoms with Crippen molar-refractivity contribution in [3.63, 3.8) is 0 Å². The molecule has 0 amide bonds. The van der Waals surface area contributed by atoms with Crippen molar-refractivity contribution in [1.29, 1.82) is 5.41 Å². The topological polar surface area (TPSA) is 111 Å². The van der Waals surface area contributed by atoms with Crippen LogP contribution in [0.5, 0.6) is 5.75 Å². The fraction of sp³-hybridized carbons (Fsp3) is 0.316. The second-order valence-corrected chi connectivity index (χ2v) is 6.40. The third-order valence-electron chi connectivity index (χ3n) is 4.44. The van der Waals surface area contributed by atoms with Gasteiger partial charge < -0.3 is 25.5 Å². The Labute approximate surface area is 164 Å². The number of nitrogens with two attached hydrogens (primary N) is 1. The quantitative estimate of drug-likeness (QED) is 0.278. The number of aryl methyl sites for hydroxylation is 1. The minimum atomic E-state index is -0.140. The number of methoxy groups -OCH3 is 1. The fourth-order valence-electron chi connectivity index (χ4n) is 2.93. The zero-order valence-electron chi connectivity index (χ0n) is 16.2. The molecule has 6 N–H and O–H groups in total. The van der Waals surface area contributed by atoms with E-state index in [1.54, 1.807) is 7.11 Å². The van der Waals surface area contributed by atoms with Crippen LogP contribution in [0.1, 0.15) is 5.56 Å². The highest BCUT2D eigenvalue weighted by Crippen LogP contribution is 2.31. The molecule has 1 heterocycles. The van der Waals surface area contributed by atoms with Crippen LogP contribution in [0.4, 0.5) is 17.1 Å².